The van der Waals surface area contributed by atoms with Crippen molar-refractivity contribution in [1.82, 2.24) is 24.9 Å². The maximum absolute atomic E-state index is 14.4. The van der Waals surface area contributed by atoms with Gasteiger partial charge in [-0.15, -0.1) is 4.80 Å². The van der Waals surface area contributed by atoms with Crippen molar-refractivity contribution in [2.75, 3.05) is 13.2 Å². The van der Waals surface area contributed by atoms with Crippen molar-refractivity contribution >= 4 is 17.5 Å². The summed E-state index contributed by atoms with van der Waals surface area (Å²) in [5.41, 5.74) is -0.399. The molecule has 1 aromatic carbocycles. The minimum Gasteiger partial charge on any atom is -0.475 e. The smallest absolute Gasteiger partial charge is 0.256 e. The molecule has 152 valence electrons. The summed E-state index contributed by atoms with van der Waals surface area (Å²) >= 11 is 5.79. The molecule has 0 radical (unpaired) electrons. The molecule has 1 atom stereocenters. The summed E-state index contributed by atoms with van der Waals surface area (Å²) in [6.45, 7) is 3.94. The first-order chi connectivity index (χ1) is 13.9. The van der Waals surface area contributed by atoms with Crippen LogP contribution in [0.5, 0.6) is 5.88 Å². The Morgan fingerprint density at radius 2 is 2.00 bits per heavy atom. The first kappa shape index (κ1) is 20.7. The second kappa shape index (κ2) is 8.95. The summed E-state index contributed by atoms with van der Waals surface area (Å²) in [5, 5.41) is 8.20. The fraction of sp³-hybridized carbons (Fsp3) is 0.263. The molecular weight excluding hydrogens is 404 g/mol. The third-order valence-corrected chi connectivity index (χ3v) is 4.41. The molecule has 0 bridgehead atoms. The lowest BCUT2D eigenvalue weighted by Crippen LogP contribution is -2.42. The first-order valence-corrected chi connectivity index (χ1v) is 9.19. The van der Waals surface area contributed by atoms with E-state index in [0.29, 0.717) is 23.5 Å². The topological polar surface area (TPSA) is 73.1 Å². The SMILES string of the molecule is CCN(C(=O)c1cc(F)cc(F)c1-n1nccn1)C(C)COc1ccc(Cl)cn1. The summed E-state index contributed by atoms with van der Waals surface area (Å²) in [6.07, 6.45) is 4.12. The number of amides is 1. The fourth-order valence-electron chi connectivity index (χ4n) is 2.82. The van der Waals surface area contributed by atoms with E-state index >= 15 is 0 Å². The third-order valence-electron chi connectivity index (χ3n) is 4.18. The van der Waals surface area contributed by atoms with Gasteiger partial charge in [0.05, 0.1) is 29.0 Å². The Bertz CT molecular complexity index is 983. The van der Waals surface area contributed by atoms with Crippen molar-refractivity contribution in [3.63, 3.8) is 0 Å². The van der Waals surface area contributed by atoms with Crippen molar-refractivity contribution in [3.05, 3.63) is 65.1 Å². The molecule has 1 unspecified atom stereocenters. The molecule has 3 rings (SSSR count). The second-order valence-corrected chi connectivity index (χ2v) is 6.60. The van der Waals surface area contributed by atoms with Crippen LogP contribution in [0.1, 0.15) is 24.2 Å². The molecule has 0 aliphatic rings. The number of pyridine rings is 1. The number of nitrogens with zero attached hydrogens (tertiary/aromatic N) is 5. The van der Waals surface area contributed by atoms with E-state index in [2.05, 4.69) is 15.2 Å². The van der Waals surface area contributed by atoms with E-state index in [1.54, 1.807) is 26.0 Å². The normalized spacial score (nSPS) is 11.9. The van der Waals surface area contributed by atoms with Crippen LogP contribution in [-0.2, 0) is 0 Å². The standard InChI is InChI=1S/C19H18ClF2N5O2/c1-3-26(12(2)11-29-17-5-4-13(20)10-23-17)19(28)15-8-14(21)9-16(22)18(15)27-24-6-7-25-27/h4-10,12H,3,11H2,1-2H3. The van der Waals surface area contributed by atoms with Crippen LogP contribution in [0.4, 0.5) is 8.78 Å². The molecule has 0 spiro atoms. The van der Waals surface area contributed by atoms with Crippen LogP contribution in [0.3, 0.4) is 0 Å². The molecule has 2 heterocycles. The molecule has 7 nitrogen and oxygen atoms in total. The van der Waals surface area contributed by atoms with Gasteiger partial charge in [-0.1, -0.05) is 11.6 Å². The minimum absolute atomic E-state index is 0.126. The average Bonchev–Trinajstić information content (AvgIpc) is 3.21. The fourth-order valence-corrected chi connectivity index (χ4v) is 2.93. The van der Waals surface area contributed by atoms with Crippen LogP contribution in [0.2, 0.25) is 5.02 Å². The maximum Gasteiger partial charge on any atom is 0.256 e. The van der Waals surface area contributed by atoms with Gasteiger partial charge in [0.15, 0.2) is 5.82 Å². The van der Waals surface area contributed by atoms with E-state index < -0.39 is 23.6 Å². The number of rotatable bonds is 7. The second-order valence-electron chi connectivity index (χ2n) is 6.17. The van der Waals surface area contributed by atoms with E-state index in [9.17, 15) is 13.6 Å². The molecule has 3 aromatic rings. The van der Waals surface area contributed by atoms with Gasteiger partial charge in [0.2, 0.25) is 5.88 Å². The number of likely N-dealkylation sites (N-methyl/N-ethyl adjacent to an activating group) is 1. The Morgan fingerprint density at radius 1 is 1.28 bits per heavy atom. The lowest BCUT2D eigenvalue weighted by atomic mass is 10.1. The Balaban J connectivity index is 1.84. The summed E-state index contributed by atoms with van der Waals surface area (Å²) in [5.74, 6) is -2.02. The molecule has 10 heteroatoms. The highest BCUT2D eigenvalue weighted by atomic mass is 35.5. The maximum atomic E-state index is 14.4. The predicted octanol–water partition coefficient (Wildman–Crippen LogP) is 3.52. The highest BCUT2D eigenvalue weighted by molar-refractivity contribution is 6.30. The quantitative estimate of drug-likeness (QED) is 0.583. The zero-order chi connectivity index (χ0) is 21.0. The van der Waals surface area contributed by atoms with Crippen molar-refractivity contribution in [2.45, 2.75) is 19.9 Å². The number of ether oxygens (including phenoxy) is 1. The van der Waals surface area contributed by atoms with Crippen LogP contribution in [0.25, 0.3) is 5.69 Å². The van der Waals surface area contributed by atoms with Crippen molar-refractivity contribution in [3.8, 4) is 11.6 Å². The number of halogens is 3. The van der Waals surface area contributed by atoms with Gasteiger partial charge >= 0.3 is 0 Å². The molecular formula is C19H18ClF2N5O2. The van der Waals surface area contributed by atoms with Crippen LogP contribution in [0.15, 0.2) is 42.9 Å². The number of aromatic nitrogens is 4. The first-order valence-electron chi connectivity index (χ1n) is 8.81. The van der Waals surface area contributed by atoms with E-state index in [1.807, 2.05) is 0 Å². The highest BCUT2D eigenvalue weighted by Gasteiger charge is 2.27. The molecule has 0 N–H and O–H groups in total. The summed E-state index contributed by atoms with van der Waals surface area (Å²) in [7, 11) is 0. The molecule has 0 aliphatic carbocycles. The van der Waals surface area contributed by atoms with E-state index in [4.69, 9.17) is 16.3 Å². The van der Waals surface area contributed by atoms with Crippen LogP contribution < -0.4 is 4.74 Å². The summed E-state index contributed by atoms with van der Waals surface area (Å²) < 4.78 is 33.9. The number of benzene rings is 1. The van der Waals surface area contributed by atoms with Crippen molar-refractivity contribution < 1.29 is 18.3 Å². The average molecular weight is 422 g/mol. The molecule has 29 heavy (non-hydrogen) atoms. The minimum atomic E-state index is -0.935. The van der Waals surface area contributed by atoms with Crippen LogP contribution >= 0.6 is 11.6 Å². The number of carbonyl (C=O) groups is 1. The molecule has 0 saturated heterocycles. The molecule has 0 aliphatic heterocycles. The van der Waals surface area contributed by atoms with E-state index in [1.165, 1.54) is 23.5 Å². The molecule has 1 amide bonds. The number of hydrogen-bond acceptors (Lipinski definition) is 5. The van der Waals surface area contributed by atoms with Crippen molar-refractivity contribution in [1.29, 1.82) is 0 Å². The van der Waals surface area contributed by atoms with Gasteiger partial charge in [0.1, 0.15) is 18.1 Å². The monoisotopic (exact) mass is 421 g/mol. The van der Waals surface area contributed by atoms with Crippen molar-refractivity contribution in [2.24, 2.45) is 0 Å². The van der Waals surface area contributed by atoms with E-state index in [-0.39, 0.29) is 17.9 Å². The van der Waals surface area contributed by atoms with Gasteiger partial charge in [-0.05, 0) is 26.0 Å². The van der Waals surface area contributed by atoms with Crippen LogP contribution in [0, 0.1) is 11.6 Å². The lowest BCUT2D eigenvalue weighted by Gasteiger charge is -2.28. The summed E-state index contributed by atoms with van der Waals surface area (Å²) in [6, 6.07) is 4.49. The van der Waals surface area contributed by atoms with E-state index in [0.717, 1.165) is 10.9 Å². The Labute approximate surface area is 170 Å². The zero-order valence-electron chi connectivity index (χ0n) is 15.7. The van der Waals surface area contributed by atoms with Gasteiger partial charge in [0, 0.05) is 24.9 Å². The Hall–Kier alpha value is -3.07. The van der Waals surface area contributed by atoms with Gasteiger partial charge < -0.3 is 9.64 Å². The Morgan fingerprint density at radius 3 is 2.62 bits per heavy atom. The van der Waals surface area contributed by atoms with Gasteiger partial charge in [-0.3, -0.25) is 4.79 Å². The molecule has 2 aromatic heterocycles. The van der Waals surface area contributed by atoms with Crippen LogP contribution in [-0.4, -0.2) is 50.0 Å². The largest absolute Gasteiger partial charge is 0.475 e. The Kier molecular flexibility index (Phi) is 6.38. The number of hydrogen-bond donors (Lipinski definition) is 0. The van der Waals surface area contributed by atoms with Gasteiger partial charge in [-0.25, -0.2) is 13.8 Å². The summed E-state index contributed by atoms with van der Waals surface area (Å²) in [4.78, 5) is 19.6. The highest BCUT2D eigenvalue weighted by Crippen LogP contribution is 2.22. The zero-order valence-corrected chi connectivity index (χ0v) is 16.5. The third kappa shape index (κ3) is 4.68. The molecule has 0 saturated carbocycles. The van der Waals surface area contributed by atoms with Gasteiger partial charge in [0.25, 0.3) is 5.91 Å². The number of carbonyl (C=O) groups excluding carboxylic acids is 1. The predicted molar refractivity (Wildman–Crippen MR) is 102 cm³/mol. The lowest BCUT2D eigenvalue weighted by molar-refractivity contribution is 0.0645. The van der Waals surface area contributed by atoms with Gasteiger partial charge in [-0.2, -0.15) is 10.2 Å². The molecule has 0 fully saturated rings.